The summed E-state index contributed by atoms with van der Waals surface area (Å²) in [5, 5.41) is 3.90. The van der Waals surface area contributed by atoms with E-state index >= 15 is 0 Å². The maximum absolute atomic E-state index is 5.68. The van der Waals surface area contributed by atoms with Crippen LogP contribution in [0.3, 0.4) is 0 Å². The standard InChI is InChI=1S/C20H28N2O3/c1-4-18-19(25-14-24-18)11-15(1)20(6-9-23-10-7-20)13-21-16-5-8-22(12-16)17-2-3-17/h1,4,11,16-17,21H,2-3,5-10,12-14H2. The topological polar surface area (TPSA) is 43.0 Å². The minimum atomic E-state index is 0.145. The van der Waals surface area contributed by atoms with Gasteiger partial charge in [0, 0.05) is 50.3 Å². The van der Waals surface area contributed by atoms with Crippen LogP contribution in [-0.2, 0) is 10.2 Å². The van der Waals surface area contributed by atoms with Gasteiger partial charge in [-0.15, -0.1) is 0 Å². The van der Waals surface area contributed by atoms with Crippen molar-refractivity contribution in [3.05, 3.63) is 23.8 Å². The summed E-state index contributed by atoms with van der Waals surface area (Å²) < 4.78 is 16.8. The summed E-state index contributed by atoms with van der Waals surface area (Å²) in [4.78, 5) is 2.68. The van der Waals surface area contributed by atoms with Crippen LogP contribution in [0.4, 0.5) is 0 Å². The van der Waals surface area contributed by atoms with Gasteiger partial charge in [-0.2, -0.15) is 0 Å². The Labute approximate surface area is 149 Å². The van der Waals surface area contributed by atoms with Gasteiger partial charge in [-0.05, 0) is 49.8 Å². The number of rotatable bonds is 5. The van der Waals surface area contributed by atoms with Gasteiger partial charge in [0.05, 0.1) is 0 Å². The van der Waals surface area contributed by atoms with Crippen molar-refractivity contribution in [3.63, 3.8) is 0 Å². The molecule has 1 unspecified atom stereocenters. The second-order valence-electron chi connectivity index (χ2n) is 8.05. The van der Waals surface area contributed by atoms with E-state index in [-0.39, 0.29) is 5.41 Å². The summed E-state index contributed by atoms with van der Waals surface area (Å²) in [5.74, 6) is 1.76. The molecule has 2 saturated heterocycles. The number of benzene rings is 1. The first kappa shape index (κ1) is 15.9. The Kier molecular flexibility index (Phi) is 4.11. The lowest BCUT2D eigenvalue weighted by molar-refractivity contribution is 0.0488. The van der Waals surface area contributed by atoms with E-state index in [0.717, 1.165) is 50.1 Å². The summed E-state index contributed by atoms with van der Waals surface area (Å²) in [6, 6.07) is 8.01. The molecule has 5 heteroatoms. The first-order chi connectivity index (χ1) is 12.3. The third-order valence-corrected chi connectivity index (χ3v) is 6.45. The SMILES string of the molecule is c1cc2c(cc1C1(CNC3CCN(C4CC4)C3)CCOCC1)OCO2. The largest absolute Gasteiger partial charge is 0.454 e. The summed E-state index contributed by atoms with van der Waals surface area (Å²) in [6.45, 7) is 5.54. The van der Waals surface area contributed by atoms with E-state index in [1.807, 2.05) is 0 Å². The molecule has 3 aliphatic heterocycles. The van der Waals surface area contributed by atoms with Gasteiger partial charge in [-0.3, -0.25) is 4.90 Å². The molecule has 3 fully saturated rings. The van der Waals surface area contributed by atoms with Crippen LogP contribution in [0.25, 0.3) is 0 Å². The Morgan fingerprint density at radius 2 is 1.92 bits per heavy atom. The van der Waals surface area contributed by atoms with Crippen LogP contribution in [0.15, 0.2) is 18.2 Å². The number of hydrogen-bond acceptors (Lipinski definition) is 5. The lowest BCUT2D eigenvalue weighted by atomic mass is 9.74. The van der Waals surface area contributed by atoms with Gasteiger partial charge < -0.3 is 19.5 Å². The molecule has 1 aromatic rings. The first-order valence-electron chi connectivity index (χ1n) is 9.78. The van der Waals surface area contributed by atoms with Crippen molar-refractivity contribution < 1.29 is 14.2 Å². The van der Waals surface area contributed by atoms with Gasteiger partial charge in [-0.1, -0.05) is 6.07 Å². The molecule has 0 bridgehead atoms. The lowest BCUT2D eigenvalue weighted by Gasteiger charge is -2.39. The lowest BCUT2D eigenvalue weighted by Crippen LogP contribution is -2.46. The molecule has 0 aromatic heterocycles. The number of hydrogen-bond donors (Lipinski definition) is 1. The summed E-state index contributed by atoms with van der Waals surface area (Å²) >= 11 is 0. The molecule has 5 rings (SSSR count). The number of ether oxygens (including phenoxy) is 3. The third-order valence-electron chi connectivity index (χ3n) is 6.45. The van der Waals surface area contributed by atoms with Crippen LogP contribution in [0.1, 0.15) is 37.7 Å². The Bertz CT molecular complexity index is 625. The summed E-state index contributed by atoms with van der Waals surface area (Å²) in [7, 11) is 0. The molecule has 25 heavy (non-hydrogen) atoms. The zero-order valence-electron chi connectivity index (χ0n) is 14.8. The van der Waals surface area contributed by atoms with E-state index in [9.17, 15) is 0 Å². The van der Waals surface area contributed by atoms with E-state index < -0.39 is 0 Å². The highest BCUT2D eigenvalue weighted by molar-refractivity contribution is 5.47. The molecule has 3 heterocycles. The average molecular weight is 344 g/mol. The van der Waals surface area contributed by atoms with Crippen molar-refractivity contribution in [2.24, 2.45) is 0 Å². The molecule has 136 valence electrons. The highest BCUT2D eigenvalue weighted by Gasteiger charge is 2.38. The minimum absolute atomic E-state index is 0.145. The molecule has 0 spiro atoms. The van der Waals surface area contributed by atoms with Crippen molar-refractivity contribution in [1.29, 1.82) is 0 Å². The van der Waals surface area contributed by atoms with E-state index in [1.54, 1.807) is 0 Å². The Balaban J connectivity index is 1.31. The molecular weight excluding hydrogens is 316 g/mol. The first-order valence-corrected chi connectivity index (χ1v) is 9.78. The molecule has 1 saturated carbocycles. The Hall–Kier alpha value is -1.30. The zero-order chi connectivity index (χ0) is 16.7. The maximum Gasteiger partial charge on any atom is 0.231 e. The summed E-state index contributed by atoms with van der Waals surface area (Å²) in [6.07, 6.45) is 6.23. The fourth-order valence-corrected chi connectivity index (χ4v) is 4.62. The van der Waals surface area contributed by atoms with Crippen LogP contribution >= 0.6 is 0 Å². The second-order valence-corrected chi connectivity index (χ2v) is 8.05. The fourth-order valence-electron chi connectivity index (χ4n) is 4.62. The third kappa shape index (κ3) is 3.14. The predicted molar refractivity (Wildman–Crippen MR) is 95.3 cm³/mol. The van der Waals surface area contributed by atoms with Crippen molar-refractivity contribution >= 4 is 0 Å². The highest BCUT2D eigenvalue weighted by atomic mass is 16.7. The van der Waals surface area contributed by atoms with Crippen LogP contribution in [-0.4, -0.2) is 56.6 Å². The van der Waals surface area contributed by atoms with Crippen LogP contribution in [0.2, 0.25) is 0 Å². The van der Waals surface area contributed by atoms with E-state index in [1.165, 1.54) is 37.9 Å². The maximum atomic E-state index is 5.68. The predicted octanol–water partition coefficient (Wildman–Crippen LogP) is 2.29. The van der Waals surface area contributed by atoms with Gasteiger partial charge in [-0.25, -0.2) is 0 Å². The monoisotopic (exact) mass is 344 g/mol. The van der Waals surface area contributed by atoms with Crippen molar-refractivity contribution in [3.8, 4) is 11.5 Å². The second kappa shape index (κ2) is 6.45. The highest BCUT2D eigenvalue weighted by Crippen LogP contribution is 2.40. The fraction of sp³-hybridized carbons (Fsp3) is 0.700. The van der Waals surface area contributed by atoms with Crippen molar-refractivity contribution in [2.75, 3.05) is 39.6 Å². The van der Waals surface area contributed by atoms with E-state index in [0.29, 0.717) is 12.8 Å². The van der Waals surface area contributed by atoms with Gasteiger partial charge in [0.15, 0.2) is 11.5 Å². The normalized spacial score (nSPS) is 28.4. The molecule has 1 atom stereocenters. The Morgan fingerprint density at radius 1 is 1.08 bits per heavy atom. The molecule has 0 radical (unpaired) electrons. The molecule has 0 amide bonds. The molecule has 1 aliphatic carbocycles. The number of nitrogens with one attached hydrogen (secondary N) is 1. The summed E-state index contributed by atoms with van der Waals surface area (Å²) in [5.41, 5.74) is 1.51. The number of fused-ring (bicyclic) bond motifs is 1. The molecular formula is C20H28N2O3. The van der Waals surface area contributed by atoms with E-state index in [2.05, 4.69) is 28.4 Å². The molecule has 4 aliphatic rings. The minimum Gasteiger partial charge on any atom is -0.454 e. The number of nitrogens with zero attached hydrogens (tertiary/aromatic N) is 1. The van der Waals surface area contributed by atoms with Crippen LogP contribution in [0.5, 0.6) is 11.5 Å². The molecule has 1 N–H and O–H groups in total. The van der Waals surface area contributed by atoms with Gasteiger partial charge >= 0.3 is 0 Å². The average Bonchev–Trinajstić information content (AvgIpc) is 3.21. The van der Waals surface area contributed by atoms with Crippen LogP contribution in [0, 0.1) is 0 Å². The molecule has 1 aromatic carbocycles. The van der Waals surface area contributed by atoms with Crippen molar-refractivity contribution in [2.45, 2.75) is 49.6 Å². The van der Waals surface area contributed by atoms with Gasteiger partial charge in [0.25, 0.3) is 0 Å². The Morgan fingerprint density at radius 3 is 2.76 bits per heavy atom. The van der Waals surface area contributed by atoms with E-state index in [4.69, 9.17) is 14.2 Å². The van der Waals surface area contributed by atoms with Crippen LogP contribution < -0.4 is 14.8 Å². The quantitative estimate of drug-likeness (QED) is 0.888. The molecule has 5 nitrogen and oxygen atoms in total. The van der Waals surface area contributed by atoms with Gasteiger partial charge in [0.2, 0.25) is 6.79 Å². The van der Waals surface area contributed by atoms with Crippen molar-refractivity contribution in [1.82, 2.24) is 10.2 Å². The smallest absolute Gasteiger partial charge is 0.231 e. The zero-order valence-corrected chi connectivity index (χ0v) is 14.8. The number of likely N-dealkylation sites (tertiary alicyclic amines) is 1. The van der Waals surface area contributed by atoms with Gasteiger partial charge in [0.1, 0.15) is 0 Å².